The summed E-state index contributed by atoms with van der Waals surface area (Å²) in [7, 11) is 0. The fourth-order valence-corrected chi connectivity index (χ4v) is 1.63. The molecule has 0 heterocycles. The third kappa shape index (κ3) is 3.86. The van der Waals surface area contributed by atoms with Gasteiger partial charge in [0, 0.05) is 12.8 Å². The van der Waals surface area contributed by atoms with Gasteiger partial charge in [-0.25, -0.2) is 0 Å². The summed E-state index contributed by atoms with van der Waals surface area (Å²) in [5, 5.41) is 0. The largest absolute Gasteiger partial charge is 0.300 e. The van der Waals surface area contributed by atoms with Crippen molar-refractivity contribution < 1.29 is 4.79 Å². The van der Waals surface area contributed by atoms with Crippen molar-refractivity contribution in [1.82, 2.24) is 0 Å². The number of carbonyl (C=O) groups is 1. The standard InChI is InChI=1S/C14H20O/c1-4-14(15)7-5-6-13-9-8-11(2)12(3)10-13/h8-10H,4-7H2,1-3H3. The Hall–Kier alpha value is -1.11. The van der Waals surface area contributed by atoms with Gasteiger partial charge < -0.3 is 0 Å². The first-order valence-corrected chi connectivity index (χ1v) is 5.71. The number of hydrogen-bond donors (Lipinski definition) is 0. The molecule has 0 aromatic heterocycles. The Morgan fingerprint density at radius 3 is 2.53 bits per heavy atom. The van der Waals surface area contributed by atoms with Crippen LogP contribution in [0, 0.1) is 13.8 Å². The van der Waals surface area contributed by atoms with Crippen LogP contribution in [0.3, 0.4) is 0 Å². The third-order valence-corrected chi connectivity index (χ3v) is 2.89. The van der Waals surface area contributed by atoms with Gasteiger partial charge in [-0.2, -0.15) is 0 Å². The lowest BCUT2D eigenvalue weighted by Crippen LogP contribution is -1.96. The van der Waals surface area contributed by atoms with E-state index in [-0.39, 0.29) is 0 Å². The predicted molar refractivity (Wildman–Crippen MR) is 64.2 cm³/mol. The van der Waals surface area contributed by atoms with Gasteiger partial charge in [-0.15, -0.1) is 0 Å². The Labute approximate surface area is 92.5 Å². The van der Waals surface area contributed by atoms with Crippen LogP contribution in [-0.4, -0.2) is 5.78 Å². The van der Waals surface area contributed by atoms with Crippen LogP contribution in [0.5, 0.6) is 0 Å². The van der Waals surface area contributed by atoms with Crippen molar-refractivity contribution in [1.29, 1.82) is 0 Å². The molecule has 1 aromatic carbocycles. The fourth-order valence-electron chi connectivity index (χ4n) is 1.63. The molecule has 0 atom stereocenters. The van der Waals surface area contributed by atoms with Gasteiger partial charge in [0.1, 0.15) is 5.78 Å². The third-order valence-electron chi connectivity index (χ3n) is 2.89. The maximum absolute atomic E-state index is 11.1. The average molecular weight is 204 g/mol. The van der Waals surface area contributed by atoms with Crippen molar-refractivity contribution in [2.45, 2.75) is 46.5 Å². The highest BCUT2D eigenvalue weighted by molar-refractivity contribution is 5.77. The summed E-state index contributed by atoms with van der Waals surface area (Å²) in [6, 6.07) is 6.55. The molecule has 0 bridgehead atoms. The lowest BCUT2D eigenvalue weighted by Gasteiger charge is -2.04. The topological polar surface area (TPSA) is 17.1 Å². The van der Waals surface area contributed by atoms with Crippen molar-refractivity contribution in [2.75, 3.05) is 0 Å². The van der Waals surface area contributed by atoms with Gasteiger partial charge in [-0.3, -0.25) is 4.79 Å². The Morgan fingerprint density at radius 1 is 1.20 bits per heavy atom. The fraction of sp³-hybridized carbons (Fsp3) is 0.500. The Morgan fingerprint density at radius 2 is 1.93 bits per heavy atom. The zero-order chi connectivity index (χ0) is 11.3. The SMILES string of the molecule is CCC(=O)CCCc1ccc(C)c(C)c1. The molecular weight excluding hydrogens is 184 g/mol. The number of hydrogen-bond acceptors (Lipinski definition) is 1. The lowest BCUT2D eigenvalue weighted by molar-refractivity contribution is -0.118. The maximum Gasteiger partial charge on any atom is 0.132 e. The van der Waals surface area contributed by atoms with Crippen LogP contribution in [0.1, 0.15) is 42.9 Å². The van der Waals surface area contributed by atoms with E-state index in [0.29, 0.717) is 12.2 Å². The summed E-state index contributed by atoms with van der Waals surface area (Å²) in [6.07, 6.45) is 3.40. The number of ketones is 1. The van der Waals surface area contributed by atoms with Gasteiger partial charge in [0.25, 0.3) is 0 Å². The van der Waals surface area contributed by atoms with Crippen LogP contribution < -0.4 is 0 Å². The minimum absolute atomic E-state index is 0.374. The quantitative estimate of drug-likeness (QED) is 0.716. The molecule has 15 heavy (non-hydrogen) atoms. The number of rotatable bonds is 5. The molecule has 1 heteroatoms. The molecular formula is C14H20O. The van der Waals surface area contributed by atoms with Gasteiger partial charge in [-0.1, -0.05) is 25.1 Å². The highest BCUT2D eigenvalue weighted by Gasteiger charge is 2.00. The van der Waals surface area contributed by atoms with E-state index in [1.165, 1.54) is 16.7 Å². The molecule has 0 aliphatic carbocycles. The highest BCUT2D eigenvalue weighted by atomic mass is 16.1. The number of Topliss-reactive ketones (excluding diaryl/α,β-unsaturated/α-hetero) is 1. The molecule has 0 unspecified atom stereocenters. The van der Waals surface area contributed by atoms with Gasteiger partial charge in [-0.05, 0) is 43.4 Å². The second kappa shape index (κ2) is 5.69. The highest BCUT2D eigenvalue weighted by Crippen LogP contribution is 2.12. The molecule has 0 spiro atoms. The van der Waals surface area contributed by atoms with Crippen LogP contribution in [-0.2, 0) is 11.2 Å². The van der Waals surface area contributed by atoms with Crippen molar-refractivity contribution >= 4 is 5.78 Å². The molecule has 0 saturated heterocycles. The van der Waals surface area contributed by atoms with Gasteiger partial charge in [0.2, 0.25) is 0 Å². The predicted octanol–water partition coefficient (Wildman–Crippen LogP) is 3.61. The Bertz CT molecular complexity index is 339. The minimum atomic E-state index is 0.374. The van der Waals surface area contributed by atoms with Gasteiger partial charge in [0.15, 0.2) is 0 Å². The van der Waals surface area contributed by atoms with E-state index in [9.17, 15) is 4.79 Å². The van der Waals surface area contributed by atoms with Crippen LogP contribution in [0.2, 0.25) is 0 Å². The van der Waals surface area contributed by atoms with E-state index in [0.717, 1.165) is 19.3 Å². The van der Waals surface area contributed by atoms with Crippen molar-refractivity contribution in [3.63, 3.8) is 0 Å². The monoisotopic (exact) mass is 204 g/mol. The minimum Gasteiger partial charge on any atom is -0.300 e. The van der Waals surface area contributed by atoms with E-state index in [2.05, 4.69) is 32.0 Å². The number of benzene rings is 1. The summed E-state index contributed by atoms with van der Waals surface area (Å²) < 4.78 is 0. The number of carbonyl (C=O) groups excluding carboxylic acids is 1. The van der Waals surface area contributed by atoms with Gasteiger partial charge >= 0.3 is 0 Å². The summed E-state index contributed by atoms with van der Waals surface area (Å²) in [4.78, 5) is 11.1. The van der Waals surface area contributed by atoms with E-state index >= 15 is 0 Å². The summed E-state index contributed by atoms with van der Waals surface area (Å²) in [5.74, 6) is 0.374. The molecule has 0 radical (unpaired) electrons. The summed E-state index contributed by atoms with van der Waals surface area (Å²) in [6.45, 7) is 6.19. The van der Waals surface area contributed by atoms with Crippen LogP contribution >= 0.6 is 0 Å². The zero-order valence-corrected chi connectivity index (χ0v) is 9.97. The average Bonchev–Trinajstić information content (AvgIpc) is 2.23. The van der Waals surface area contributed by atoms with Crippen LogP contribution in [0.15, 0.2) is 18.2 Å². The first-order chi connectivity index (χ1) is 7.13. The molecule has 82 valence electrons. The van der Waals surface area contributed by atoms with Crippen LogP contribution in [0.25, 0.3) is 0 Å². The van der Waals surface area contributed by atoms with Crippen molar-refractivity contribution in [2.24, 2.45) is 0 Å². The Kier molecular flexibility index (Phi) is 4.54. The molecule has 0 amide bonds. The molecule has 1 rings (SSSR count). The lowest BCUT2D eigenvalue weighted by atomic mass is 10.0. The molecule has 0 N–H and O–H groups in total. The summed E-state index contributed by atoms with van der Waals surface area (Å²) >= 11 is 0. The van der Waals surface area contributed by atoms with Crippen LogP contribution in [0.4, 0.5) is 0 Å². The van der Waals surface area contributed by atoms with Crippen molar-refractivity contribution in [3.05, 3.63) is 34.9 Å². The Balaban J connectivity index is 2.44. The first-order valence-electron chi connectivity index (χ1n) is 5.71. The molecule has 0 aliphatic rings. The normalized spacial score (nSPS) is 10.3. The number of aryl methyl sites for hydroxylation is 3. The van der Waals surface area contributed by atoms with Gasteiger partial charge in [0.05, 0.1) is 0 Å². The zero-order valence-electron chi connectivity index (χ0n) is 9.97. The molecule has 1 aromatic rings. The second-order valence-electron chi connectivity index (χ2n) is 4.16. The first kappa shape index (κ1) is 12.0. The smallest absolute Gasteiger partial charge is 0.132 e. The molecule has 0 fully saturated rings. The molecule has 0 aliphatic heterocycles. The second-order valence-corrected chi connectivity index (χ2v) is 4.16. The van der Waals surface area contributed by atoms with E-state index in [1.54, 1.807) is 0 Å². The van der Waals surface area contributed by atoms with Crippen molar-refractivity contribution in [3.8, 4) is 0 Å². The summed E-state index contributed by atoms with van der Waals surface area (Å²) in [5.41, 5.74) is 4.03. The van der Waals surface area contributed by atoms with E-state index < -0.39 is 0 Å². The van der Waals surface area contributed by atoms with E-state index in [4.69, 9.17) is 0 Å². The maximum atomic E-state index is 11.1. The van der Waals surface area contributed by atoms with E-state index in [1.807, 2.05) is 6.92 Å². The molecule has 0 saturated carbocycles. The molecule has 1 nitrogen and oxygen atoms in total.